The van der Waals surface area contributed by atoms with Crippen molar-refractivity contribution in [1.82, 2.24) is 4.90 Å². The fraction of sp³-hybridized carbons (Fsp3) is 0.769. The summed E-state index contributed by atoms with van der Waals surface area (Å²) in [6.07, 6.45) is 7.81. The Morgan fingerprint density at radius 3 is 2.76 bits per heavy atom. The molecule has 0 aromatic carbocycles. The van der Waals surface area contributed by atoms with Crippen molar-refractivity contribution in [3.63, 3.8) is 0 Å². The molecule has 4 heteroatoms. The minimum Gasteiger partial charge on any atom is -0.466 e. The number of ether oxygens (including phenoxy) is 1. The van der Waals surface area contributed by atoms with E-state index in [2.05, 4.69) is 9.64 Å². The lowest BCUT2D eigenvalue weighted by Gasteiger charge is -2.31. The minimum atomic E-state index is -0.289. The summed E-state index contributed by atoms with van der Waals surface area (Å²) in [5, 5.41) is 8.78. The second-order valence-corrected chi connectivity index (χ2v) is 4.54. The molecule has 1 fully saturated rings. The van der Waals surface area contributed by atoms with Crippen LogP contribution in [-0.4, -0.2) is 49.3 Å². The van der Waals surface area contributed by atoms with Crippen LogP contribution in [0.1, 0.15) is 25.7 Å². The van der Waals surface area contributed by atoms with E-state index in [0.717, 1.165) is 38.4 Å². The van der Waals surface area contributed by atoms with Gasteiger partial charge in [-0.2, -0.15) is 0 Å². The molecule has 1 rings (SSSR count). The standard InChI is InChI=1S/C13H23NO3/c1-17-13(16)5-2-8-14-9-6-12(7-10-14)4-3-11-15/h2,5,12,15H,3-4,6-11H2,1H3. The van der Waals surface area contributed by atoms with Gasteiger partial charge in [0.05, 0.1) is 7.11 Å². The van der Waals surface area contributed by atoms with Gasteiger partial charge in [-0.25, -0.2) is 4.79 Å². The first-order chi connectivity index (χ1) is 8.26. The number of carbonyl (C=O) groups excluding carboxylic acids is 1. The van der Waals surface area contributed by atoms with Crippen molar-refractivity contribution in [2.75, 3.05) is 33.4 Å². The predicted molar refractivity (Wildman–Crippen MR) is 66.6 cm³/mol. The summed E-state index contributed by atoms with van der Waals surface area (Å²) in [6.45, 7) is 3.30. The fourth-order valence-corrected chi connectivity index (χ4v) is 2.20. The van der Waals surface area contributed by atoms with Crippen LogP contribution in [0.4, 0.5) is 0 Å². The molecular weight excluding hydrogens is 218 g/mol. The zero-order valence-corrected chi connectivity index (χ0v) is 10.6. The van der Waals surface area contributed by atoms with Crippen LogP contribution in [0.15, 0.2) is 12.2 Å². The number of piperidine rings is 1. The van der Waals surface area contributed by atoms with Crippen LogP contribution < -0.4 is 0 Å². The molecule has 0 spiro atoms. The van der Waals surface area contributed by atoms with Gasteiger partial charge < -0.3 is 9.84 Å². The zero-order chi connectivity index (χ0) is 12.5. The number of rotatable bonds is 6. The average molecular weight is 241 g/mol. The fourth-order valence-electron chi connectivity index (χ4n) is 2.20. The Morgan fingerprint density at radius 2 is 2.18 bits per heavy atom. The molecule has 0 radical (unpaired) electrons. The SMILES string of the molecule is COC(=O)C=CCN1CCC(CCCO)CC1. The van der Waals surface area contributed by atoms with E-state index in [-0.39, 0.29) is 5.97 Å². The van der Waals surface area contributed by atoms with E-state index in [1.807, 2.05) is 6.08 Å². The lowest BCUT2D eigenvalue weighted by Crippen LogP contribution is -2.33. The second kappa shape index (κ2) is 8.25. The molecular formula is C13H23NO3. The number of likely N-dealkylation sites (tertiary alicyclic amines) is 1. The van der Waals surface area contributed by atoms with Gasteiger partial charge in [0.15, 0.2) is 0 Å². The van der Waals surface area contributed by atoms with Gasteiger partial charge >= 0.3 is 5.97 Å². The third-order valence-electron chi connectivity index (χ3n) is 3.30. The molecule has 0 bridgehead atoms. The largest absolute Gasteiger partial charge is 0.466 e. The first-order valence-corrected chi connectivity index (χ1v) is 6.34. The van der Waals surface area contributed by atoms with Crippen molar-refractivity contribution >= 4 is 5.97 Å². The molecule has 0 aromatic rings. The smallest absolute Gasteiger partial charge is 0.330 e. The molecule has 1 aliphatic rings. The molecule has 4 nitrogen and oxygen atoms in total. The van der Waals surface area contributed by atoms with Crippen LogP contribution in [0.2, 0.25) is 0 Å². The third kappa shape index (κ3) is 5.84. The van der Waals surface area contributed by atoms with Crippen LogP contribution in [0.3, 0.4) is 0 Å². The normalized spacial score (nSPS) is 18.7. The molecule has 1 heterocycles. The Morgan fingerprint density at radius 1 is 1.47 bits per heavy atom. The van der Waals surface area contributed by atoms with Crippen LogP contribution in [0.5, 0.6) is 0 Å². The molecule has 0 saturated carbocycles. The van der Waals surface area contributed by atoms with Crippen molar-refractivity contribution in [2.24, 2.45) is 5.92 Å². The molecule has 0 unspecified atom stereocenters. The molecule has 1 N–H and O–H groups in total. The van der Waals surface area contributed by atoms with Gasteiger partial charge in [0.25, 0.3) is 0 Å². The molecule has 1 saturated heterocycles. The predicted octanol–water partition coefficient (Wildman–Crippen LogP) is 1.20. The number of esters is 1. The van der Waals surface area contributed by atoms with E-state index in [9.17, 15) is 4.79 Å². The quantitative estimate of drug-likeness (QED) is 0.561. The first-order valence-electron chi connectivity index (χ1n) is 6.34. The number of aliphatic hydroxyl groups is 1. The number of hydrogen-bond acceptors (Lipinski definition) is 4. The van der Waals surface area contributed by atoms with Gasteiger partial charge in [0.1, 0.15) is 0 Å². The first kappa shape index (κ1) is 14.2. The average Bonchev–Trinajstić information content (AvgIpc) is 2.37. The molecule has 98 valence electrons. The summed E-state index contributed by atoms with van der Waals surface area (Å²) in [4.78, 5) is 13.2. The number of aliphatic hydroxyl groups excluding tert-OH is 1. The highest BCUT2D eigenvalue weighted by molar-refractivity contribution is 5.81. The maximum absolute atomic E-state index is 10.9. The highest BCUT2D eigenvalue weighted by Crippen LogP contribution is 2.21. The van der Waals surface area contributed by atoms with Crippen molar-refractivity contribution < 1.29 is 14.6 Å². The summed E-state index contributed by atoms with van der Waals surface area (Å²) in [6, 6.07) is 0. The van der Waals surface area contributed by atoms with Crippen LogP contribution in [0, 0.1) is 5.92 Å². The van der Waals surface area contributed by atoms with Gasteiger partial charge in [-0.05, 0) is 44.7 Å². The van der Waals surface area contributed by atoms with Gasteiger partial charge in [0, 0.05) is 19.2 Å². The van der Waals surface area contributed by atoms with Crippen molar-refractivity contribution in [1.29, 1.82) is 0 Å². The Kier molecular flexibility index (Phi) is 6.89. The van der Waals surface area contributed by atoms with Gasteiger partial charge in [-0.15, -0.1) is 0 Å². The van der Waals surface area contributed by atoms with Crippen molar-refractivity contribution in [3.8, 4) is 0 Å². The van der Waals surface area contributed by atoms with E-state index in [0.29, 0.717) is 6.61 Å². The van der Waals surface area contributed by atoms with E-state index >= 15 is 0 Å². The third-order valence-corrected chi connectivity index (χ3v) is 3.30. The van der Waals surface area contributed by atoms with Crippen molar-refractivity contribution in [2.45, 2.75) is 25.7 Å². The number of carbonyl (C=O) groups is 1. The Balaban J connectivity index is 2.14. The van der Waals surface area contributed by atoms with E-state index < -0.39 is 0 Å². The van der Waals surface area contributed by atoms with Crippen LogP contribution >= 0.6 is 0 Å². The lowest BCUT2D eigenvalue weighted by molar-refractivity contribution is -0.134. The summed E-state index contributed by atoms with van der Waals surface area (Å²) in [5.41, 5.74) is 0. The Bertz CT molecular complexity index is 245. The molecule has 0 aromatic heterocycles. The van der Waals surface area contributed by atoms with Gasteiger partial charge in [-0.1, -0.05) is 6.08 Å². The topological polar surface area (TPSA) is 49.8 Å². The zero-order valence-electron chi connectivity index (χ0n) is 10.6. The highest BCUT2D eigenvalue weighted by Gasteiger charge is 2.17. The number of hydrogen-bond donors (Lipinski definition) is 1. The minimum absolute atomic E-state index is 0.289. The molecule has 17 heavy (non-hydrogen) atoms. The Labute approximate surface area is 103 Å². The van der Waals surface area contributed by atoms with Crippen LogP contribution in [0.25, 0.3) is 0 Å². The summed E-state index contributed by atoms with van der Waals surface area (Å²) in [7, 11) is 1.39. The lowest BCUT2D eigenvalue weighted by atomic mass is 9.92. The maximum atomic E-state index is 10.9. The molecule has 0 atom stereocenters. The number of methoxy groups -OCH3 is 1. The molecule has 0 aliphatic carbocycles. The highest BCUT2D eigenvalue weighted by atomic mass is 16.5. The van der Waals surface area contributed by atoms with Crippen LogP contribution in [-0.2, 0) is 9.53 Å². The van der Waals surface area contributed by atoms with E-state index in [4.69, 9.17) is 5.11 Å². The molecule has 0 amide bonds. The van der Waals surface area contributed by atoms with Gasteiger partial charge in [0.2, 0.25) is 0 Å². The maximum Gasteiger partial charge on any atom is 0.330 e. The van der Waals surface area contributed by atoms with E-state index in [1.54, 1.807) is 0 Å². The number of nitrogens with zero attached hydrogens (tertiary/aromatic N) is 1. The van der Waals surface area contributed by atoms with Crippen molar-refractivity contribution in [3.05, 3.63) is 12.2 Å². The van der Waals surface area contributed by atoms with Gasteiger partial charge in [-0.3, -0.25) is 4.90 Å². The summed E-state index contributed by atoms with van der Waals surface area (Å²) >= 11 is 0. The monoisotopic (exact) mass is 241 g/mol. The summed E-state index contributed by atoms with van der Waals surface area (Å²) in [5.74, 6) is 0.478. The Hall–Kier alpha value is -0.870. The van der Waals surface area contributed by atoms with E-state index in [1.165, 1.54) is 26.0 Å². The molecule has 1 aliphatic heterocycles. The second-order valence-electron chi connectivity index (χ2n) is 4.54. The summed E-state index contributed by atoms with van der Waals surface area (Å²) < 4.78 is 4.53.